The quantitative estimate of drug-likeness (QED) is 0.806. The number of carbonyl (C=O) groups excluding carboxylic acids is 1. The summed E-state index contributed by atoms with van der Waals surface area (Å²) in [4.78, 5) is 22.4. The van der Waals surface area contributed by atoms with Crippen molar-refractivity contribution in [2.75, 3.05) is 19.8 Å². The van der Waals surface area contributed by atoms with Crippen LogP contribution in [0.2, 0.25) is 0 Å². The minimum atomic E-state index is -0.473. The van der Waals surface area contributed by atoms with E-state index in [0.717, 1.165) is 37.2 Å². The number of likely N-dealkylation sites (tertiary alicyclic amines) is 1. The lowest BCUT2D eigenvalue weighted by Gasteiger charge is -2.14. The van der Waals surface area contributed by atoms with Gasteiger partial charge in [-0.3, -0.25) is 4.90 Å². The fraction of sp³-hybridized carbons (Fsp3) is 0.312. The minimum Gasteiger partial charge on any atom is -0.444 e. The number of hydrogen-bond donors (Lipinski definition) is 0. The second-order valence-electron chi connectivity index (χ2n) is 5.02. The van der Waals surface area contributed by atoms with Gasteiger partial charge in [0.2, 0.25) is 5.82 Å². The summed E-state index contributed by atoms with van der Waals surface area (Å²) in [6.45, 7) is 2.29. The molecular formula is C16H17N3O2. The molecule has 3 rings (SSSR count). The fourth-order valence-corrected chi connectivity index (χ4v) is 2.35. The molecule has 21 heavy (non-hydrogen) atoms. The van der Waals surface area contributed by atoms with Gasteiger partial charge in [0, 0.05) is 24.8 Å². The number of ether oxygens (including phenoxy) is 1. The maximum Gasteiger partial charge on any atom is 0.377 e. The Morgan fingerprint density at radius 2 is 1.90 bits per heavy atom. The Balaban J connectivity index is 1.69. The van der Waals surface area contributed by atoms with Crippen LogP contribution in [0.5, 0.6) is 0 Å². The van der Waals surface area contributed by atoms with E-state index in [-0.39, 0.29) is 5.82 Å². The number of hydrogen-bond acceptors (Lipinski definition) is 5. The molecule has 5 heteroatoms. The average Bonchev–Trinajstić information content (AvgIpc) is 3.07. The molecule has 1 aromatic carbocycles. The van der Waals surface area contributed by atoms with Crippen LogP contribution in [-0.4, -0.2) is 40.7 Å². The lowest BCUT2D eigenvalue weighted by Crippen LogP contribution is -2.25. The predicted octanol–water partition coefficient (Wildman–Crippen LogP) is 2.35. The van der Waals surface area contributed by atoms with Gasteiger partial charge in [-0.25, -0.2) is 14.8 Å². The van der Waals surface area contributed by atoms with Crippen molar-refractivity contribution >= 4 is 5.97 Å². The Labute approximate surface area is 123 Å². The highest BCUT2D eigenvalue weighted by molar-refractivity contribution is 5.85. The van der Waals surface area contributed by atoms with Gasteiger partial charge in [-0.15, -0.1) is 0 Å². The number of rotatable bonds is 4. The van der Waals surface area contributed by atoms with Gasteiger partial charge >= 0.3 is 5.97 Å². The molecule has 0 spiro atoms. The van der Waals surface area contributed by atoms with E-state index in [9.17, 15) is 4.79 Å². The summed E-state index contributed by atoms with van der Waals surface area (Å²) in [5, 5.41) is 0. The number of aromatic nitrogens is 2. The first-order chi connectivity index (χ1) is 10.3. The molecule has 0 atom stereocenters. The standard InChI is InChI=1S/C16H17N3O2/c20-16(21-12-19-10-4-5-11-19)15-17-9-8-14(18-15)13-6-2-1-3-7-13/h1-3,6-9H,4-5,10-12H2. The Kier molecular flexibility index (Phi) is 4.21. The zero-order valence-corrected chi connectivity index (χ0v) is 11.7. The minimum absolute atomic E-state index is 0.107. The Morgan fingerprint density at radius 3 is 2.67 bits per heavy atom. The van der Waals surface area contributed by atoms with Crippen LogP contribution < -0.4 is 0 Å². The normalized spacial score (nSPS) is 15.0. The van der Waals surface area contributed by atoms with Crippen molar-refractivity contribution in [2.45, 2.75) is 12.8 Å². The van der Waals surface area contributed by atoms with Crippen LogP contribution >= 0.6 is 0 Å². The van der Waals surface area contributed by atoms with Crippen molar-refractivity contribution in [2.24, 2.45) is 0 Å². The van der Waals surface area contributed by atoms with E-state index < -0.39 is 5.97 Å². The fourth-order valence-electron chi connectivity index (χ4n) is 2.35. The molecule has 0 radical (unpaired) electrons. The lowest BCUT2D eigenvalue weighted by atomic mass is 10.1. The number of carbonyl (C=O) groups is 1. The second-order valence-corrected chi connectivity index (χ2v) is 5.02. The van der Waals surface area contributed by atoms with E-state index in [0.29, 0.717) is 6.73 Å². The molecule has 1 aromatic heterocycles. The van der Waals surface area contributed by atoms with Gasteiger partial charge in [-0.1, -0.05) is 30.3 Å². The largest absolute Gasteiger partial charge is 0.444 e. The Bertz CT molecular complexity index is 610. The number of nitrogens with zero attached hydrogens (tertiary/aromatic N) is 3. The van der Waals surface area contributed by atoms with Crippen LogP contribution in [0.25, 0.3) is 11.3 Å². The van der Waals surface area contributed by atoms with Crippen LogP contribution in [0.3, 0.4) is 0 Å². The zero-order chi connectivity index (χ0) is 14.5. The number of benzene rings is 1. The van der Waals surface area contributed by atoms with Crippen LogP contribution in [-0.2, 0) is 4.74 Å². The highest BCUT2D eigenvalue weighted by Crippen LogP contribution is 2.15. The predicted molar refractivity (Wildman–Crippen MR) is 78.6 cm³/mol. The summed E-state index contributed by atoms with van der Waals surface area (Å²) in [5.41, 5.74) is 1.67. The smallest absolute Gasteiger partial charge is 0.377 e. The molecule has 1 fully saturated rings. The first-order valence-electron chi connectivity index (χ1n) is 7.11. The molecule has 0 bridgehead atoms. The molecule has 2 heterocycles. The highest BCUT2D eigenvalue weighted by atomic mass is 16.5. The van der Waals surface area contributed by atoms with E-state index in [1.54, 1.807) is 12.3 Å². The Morgan fingerprint density at radius 1 is 1.14 bits per heavy atom. The van der Waals surface area contributed by atoms with E-state index in [1.165, 1.54) is 0 Å². The molecule has 0 unspecified atom stereocenters. The third kappa shape index (κ3) is 3.44. The molecule has 1 aliphatic heterocycles. The molecule has 2 aromatic rings. The van der Waals surface area contributed by atoms with Gasteiger partial charge in [0.15, 0.2) is 0 Å². The summed E-state index contributed by atoms with van der Waals surface area (Å²) in [6, 6.07) is 11.5. The van der Waals surface area contributed by atoms with Crippen LogP contribution in [0, 0.1) is 0 Å². The monoisotopic (exact) mass is 283 g/mol. The summed E-state index contributed by atoms with van der Waals surface area (Å²) in [7, 11) is 0. The van der Waals surface area contributed by atoms with Crippen molar-refractivity contribution in [1.29, 1.82) is 0 Å². The second kappa shape index (κ2) is 6.45. The van der Waals surface area contributed by atoms with Gasteiger partial charge in [-0.05, 0) is 18.9 Å². The van der Waals surface area contributed by atoms with Gasteiger partial charge in [0.25, 0.3) is 0 Å². The third-order valence-corrected chi connectivity index (χ3v) is 3.48. The molecule has 108 valence electrons. The van der Waals surface area contributed by atoms with E-state index in [2.05, 4.69) is 14.9 Å². The first kappa shape index (κ1) is 13.7. The van der Waals surface area contributed by atoms with Crippen molar-refractivity contribution in [3.05, 3.63) is 48.4 Å². The molecule has 1 saturated heterocycles. The number of esters is 1. The van der Waals surface area contributed by atoms with Crippen molar-refractivity contribution in [1.82, 2.24) is 14.9 Å². The summed E-state index contributed by atoms with van der Waals surface area (Å²) < 4.78 is 5.26. The van der Waals surface area contributed by atoms with E-state index in [4.69, 9.17) is 4.74 Å². The van der Waals surface area contributed by atoms with Gasteiger partial charge in [0.05, 0.1) is 5.69 Å². The topological polar surface area (TPSA) is 55.3 Å². The summed E-state index contributed by atoms with van der Waals surface area (Å²) in [5.74, 6) is -0.366. The van der Waals surface area contributed by atoms with E-state index in [1.807, 2.05) is 30.3 Å². The van der Waals surface area contributed by atoms with Crippen LogP contribution in [0.15, 0.2) is 42.6 Å². The van der Waals surface area contributed by atoms with Gasteiger partial charge in [-0.2, -0.15) is 0 Å². The maximum atomic E-state index is 12.0. The SMILES string of the molecule is O=C(OCN1CCCC1)c1nccc(-c2ccccc2)n1. The molecule has 5 nitrogen and oxygen atoms in total. The van der Waals surface area contributed by atoms with Crippen molar-refractivity contribution in [3.63, 3.8) is 0 Å². The van der Waals surface area contributed by atoms with Crippen molar-refractivity contribution in [3.8, 4) is 11.3 Å². The van der Waals surface area contributed by atoms with Crippen molar-refractivity contribution < 1.29 is 9.53 Å². The zero-order valence-electron chi connectivity index (χ0n) is 11.7. The average molecular weight is 283 g/mol. The summed E-state index contributed by atoms with van der Waals surface area (Å²) >= 11 is 0. The molecule has 0 saturated carbocycles. The third-order valence-electron chi connectivity index (χ3n) is 3.48. The molecular weight excluding hydrogens is 266 g/mol. The van der Waals surface area contributed by atoms with Crippen LogP contribution in [0.4, 0.5) is 0 Å². The molecule has 1 aliphatic rings. The first-order valence-corrected chi connectivity index (χ1v) is 7.11. The maximum absolute atomic E-state index is 12.0. The summed E-state index contributed by atoms with van der Waals surface area (Å²) in [6.07, 6.45) is 3.91. The van der Waals surface area contributed by atoms with Gasteiger partial charge < -0.3 is 4.74 Å². The van der Waals surface area contributed by atoms with Gasteiger partial charge in [0.1, 0.15) is 6.73 Å². The highest BCUT2D eigenvalue weighted by Gasteiger charge is 2.16. The van der Waals surface area contributed by atoms with E-state index >= 15 is 0 Å². The lowest BCUT2D eigenvalue weighted by molar-refractivity contribution is 0.0256. The molecule has 0 aliphatic carbocycles. The molecule has 0 amide bonds. The Hall–Kier alpha value is -2.27. The van der Waals surface area contributed by atoms with Crippen LogP contribution in [0.1, 0.15) is 23.5 Å². The molecule has 0 N–H and O–H groups in total.